The third kappa shape index (κ3) is 1.52. The zero-order chi connectivity index (χ0) is 10.3. The fraction of sp³-hybridized carbons (Fsp3) is 0.400. The summed E-state index contributed by atoms with van der Waals surface area (Å²) in [5.74, 6) is -2.63. The highest BCUT2D eigenvalue weighted by molar-refractivity contribution is 5.54. The monoisotopic (exact) mass is 199 g/mol. The van der Waals surface area contributed by atoms with Crippen LogP contribution in [-0.4, -0.2) is 11.0 Å². The van der Waals surface area contributed by atoms with Crippen molar-refractivity contribution in [3.63, 3.8) is 0 Å². The minimum absolute atomic E-state index is 0.000154. The van der Waals surface area contributed by atoms with Gasteiger partial charge in [0.2, 0.25) is 5.92 Å². The van der Waals surface area contributed by atoms with Gasteiger partial charge in [-0.1, -0.05) is 6.07 Å². The van der Waals surface area contributed by atoms with Gasteiger partial charge < -0.3 is 10.8 Å². The van der Waals surface area contributed by atoms with Gasteiger partial charge in [0.1, 0.15) is 5.75 Å². The molecule has 1 aliphatic carbocycles. The number of nitrogens with two attached hydrogens (primary N) is 1. The van der Waals surface area contributed by atoms with Crippen LogP contribution < -0.4 is 5.73 Å². The third-order valence-electron chi connectivity index (χ3n) is 2.61. The van der Waals surface area contributed by atoms with Crippen LogP contribution in [0.25, 0.3) is 0 Å². The van der Waals surface area contributed by atoms with Gasteiger partial charge in [-0.25, -0.2) is 8.78 Å². The van der Waals surface area contributed by atoms with Crippen LogP contribution in [0.4, 0.5) is 14.5 Å². The first kappa shape index (κ1) is 9.24. The largest absolute Gasteiger partial charge is 0.506 e. The number of hydrogen-bond acceptors (Lipinski definition) is 2. The van der Waals surface area contributed by atoms with Gasteiger partial charge in [0, 0.05) is 12.8 Å². The van der Waals surface area contributed by atoms with E-state index in [0.29, 0.717) is 0 Å². The van der Waals surface area contributed by atoms with Gasteiger partial charge in [-0.2, -0.15) is 0 Å². The molecule has 0 radical (unpaired) electrons. The highest BCUT2D eigenvalue weighted by atomic mass is 19.3. The van der Waals surface area contributed by atoms with E-state index in [9.17, 15) is 8.78 Å². The van der Waals surface area contributed by atoms with Gasteiger partial charge in [0.25, 0.3) is 0 Å². The lowest BCUT2D eigenvalue weighted by Crippen LogP contribution is -2.33. The van der Waals surface area contributed by atoms with E-state index < -0.39 is 5.92 Å². The molecule has 76 valence electrons. The van der Waals surface area contributed by atoms with Crippen LogP contribution in [0.3, 0.4) is 0 Å². The summed E-state index contributed by atoms with van der Waals surface area (Å²) in [5.41, 5.74) is 6.50. The average molecular weight is 199 g/mol. The van der Waals surface area contributed by atoms with Gasteiger partial charge in [0.05, 0.1) is 5.69 Å². The molecule has 0 atom stereocenters. The molecule has 1 aliphatic rings. The van der Waals surface area contributed by atoms with E-state index in [0.717, 1.165) is 5.56 Å². The Morgan fingerprint density at radius 1 is 1.36 bits per heavy atom. The molecule has 0 unspecified atom stereocenters. The maximum Gasteiger partial charge on any atom is 0.249 e. The van der Waals surface area contributed by atoms with Crippen molar-refractivity contribution in [3.8, 4) is 5.75 Å². The predicted octanol–water partition coefficient (Wildman–Crippen LogP) is 2.49. The predicted molar refractivity (Wildman–Crippen MR) is 49.4 cm³/mol. The third-order valence-corrected chi connectivity index (χ3v) is 2.61. The molecule has 1 aromatic rings. The van der Waals surface area contributed by atoms with Crippen molar-refractivity contribution in [2.75, 3.05) is 5.73 Å². The van der Waals surface area contributed by atoms with E-state index in [1.165, 1.54) is 6.07 Å². The lowest BCUT2D eigenvalue weighted by Gasteiger charge is -2.35. The molecule has 3 N–H and O–H groups in total. The minimum atomic E-state index is -2.52. The van der Waals surface area contributed by atoms with E-state index in [1.54, 1.807) is 12.1 Å². The molecule has 0 heterocycles. The Bertz CT molecular complexity index is 357. The van der Waals surface area contributed by atoms with Crippen molar-refractivity contribution in [1.82, 2.24) is 0 Å². The number of alkyl halides is 2. The molecule has 14 heavy (non-hydrogen) atoms. The molecule has 1 aromatic carbocycles. The topological polar surface area (TPSA) is 46.2 Å². The molecule has 0 aliphatic heterocycles. The molecule has 0 bridgehead atoms. The van der Waals surface area contributed by atoms with Gasteiger partial charge in [-0.05, 0) is 23.6 Å². The summed E-state index contributed by atoms with van der Waals surface area (Å²) in [4.78, 5) is 0. The Morgan fingerprint density at radius 3 is 2.50 bits per heavy atom. The van der Waals surface area contributed by atoms with Crippen molar-refractivity contribution in [1.29, 1.82) is 0 Å². The van der Waals surface area contributed by atoms with E-state index in [1.807, 2.05) is 0 Å². The van der Waals surface area contributed by atoms with Crippen LogP contribution in [0.5, 0.6) is 5.75 Å². The molecular weight excluding hydrogens is 188 g/mol. The molecule has 0 aromatic heterocycles. The van der Waals surface area contributed by atoms with Crippen molar-refractivity contribution in [3.05, 3.63) is 23.8 Å². The maximum atomic E-state index is 12.6. The summed E-state index contributed by atoms with van der Waals surface area (Å²) >= 11 is 0. The molecule has 0 spiro atoms. The summed E-state index contributed by atoms with van der Waals surface area (Å²) in [7, 11) is 0. The highest BCUT2D eigenvalue weighted by Gasteiger charge is 2.45. The molecular formula is C10H11F2NO. The number of anilines is 1. The summed E-state index contributed by atoms with van der Waals surface area (Å²) in [6, 6.07) is 4.65. The van der Waals surface area contributed by atoms with Crippen molar-refractivity contribution in [2.45, 2.75) is 24.7 Å². The second-order valence-corrected chi connectivity index (χ2v) is 3.78. The van der Waals surface area contributed by atoms with Crippen LogP contribution in [0.1, 0.15) is 24.3 Å². The van der Waals surface area contributed by atoms with E-state index in [4.69, 9.17) is 10.8 Å². The van der Waals surface area contributed by atoms with Gasteiger partial charge in [-0.15, -0.1) is 0 Å². The Morgan fingerprint density at radius 2 is 2.00 bits per heavy atom. The van der Waals surface area contributed by atoms with Crippen LogP contribution in [-0.2, 0) is 0 Å². The minimum Gasteiger partial charge on any atom is -0.506 e. The average Bonchev–Trinajstić information content (AvgIpc) is 2.06. The SMILES string of the molecule is Nc1cc(C2CC(F)(F)C2)ccc1O. The molecule has 4 heteroatoms. The molecule has 2 nitrogen and oxygen atoms in total. The first-order chi connectivity index (χ1) is 6.48. The van der Waals surface area contributed by atoms with Crippen LogP contribution in [0.15, 0.2) is 18.2 Å². The van der Waals surface area contributed by atoms with Crippen LogP contribution >= 0.6 is 0 Å². The van der Waals surface area contributed by atoms with Crippen LogP contribution in [0, 0.1) is 0 Å². The first-order valence-electron chi connectivity index (χ1n) is 4.44. The summed E-state index contributed by atoms with van der Waals surface area (Å²) in [5, 5.41) is 9.15. The Balaban J connectivity index is 2.16. The highest BCUT2D eigenvalue weighted by Crippen LogP contribution is 2.48. The number of nitrogen functional groups attached to an aromatic ring is 1. The second-order valence-electron chi connectivity index (χ2n) is 3.78. The van der Waals surface area contributed by atoms with Crippen LogP contribution in [0.2, 0.25) is 0 Å². The number of rotatable bonds is 1. The molecule has 0 saturated heterocycles. The number of benzene rings is 1. The fourth-order valence-electron chi connectivity index (χ4n) is 1.72. The van der Waals surface area contributed by atoms with Crippen molar-refractivity contribution in [2.24, 2.45) is 0 Å². The lowest BCUT2D eigenvalue weighted by atomic mass is 9.76. The summed E-state index contributed by atoms with van der Waals surface area (Å²) in [6.07, 6.45) is -0.228. The van der Waals surface area contributed by atoms with Gasteiger partial charge in [0.15, 0.2) is 0 Å². The van der Waals surface area contributed by atoms with Gasteiger partial charge in [-0.3, -0.25) is 0 Å². The fourth-order valence-corrected chi connectivity index (χ4v) is 1.72. The standard InChI is InChI=1S/C10H11F2NO/c11-10(12)4-7(5-10)6-1-2-9(14)8(13)3-6/h1-3,7,14H,4-5,13H2. The maximum absolute atomic E-state index is 12.6. The number of halogens is 2. The van der Waals surface area contributed by atoms with Crippen molar-refractivity contribution < 1.29 is 13.9 Å². The van der Waals surface area contributed by atoms with E-state index >= 15 is 0 Å². The number of aromatic hydroxyl groups is 1. The number of phenolic OH excluding ortho intramolecular Hbond substituents is 1. The molecule has 0 amide bonds. The number of hydrogen-bond donors (Lipinski definition) is 2. The molecule has 1 saturated carbocycles. The number of phenols is 1. The van der Waals surface area contributed by atoms with E-state index in [-0.39, 0.29) is 30.2 Å². The zero-order valence-electron chi connectivity index (χ0n) is 7.50. The first-order valence-corrected chi connectivity index (χ1v) is 4.44. The van der Waals surface area contributed by atoms with Gasteiger partial charge >= 0.3 is 0 Å². The van der Waals surface area contributed by atoms with E-state index in [2.05, 4.69) is 0 Å². The second kappa shape index (κ2) is 2.83. The van der Waals surface area contributed by atoms with Crippen molar-refractivity contribution >= 4 is 5.69 Å². The zero-order valence-corrected chi connectivity index (χ0v) is 7.50. The Labute approximate surface area is 80.4 Å². The molecule has 1 fully saturated rings. The smallest absolute Gasteiger partial charge is 0.249 e. The quantitative estimate of drug-likeness (QED) is 0.539. The Kier molecular flexibility index (Phi) is 1.87. The Hall–Kier alpha value is -1.32. The lowest BCUT2D eigenvalue weighted by molar-refractivity contribution is -0.0867. The summed E-state index contributed by atoms with van der Waals surface area (Å²) < 4.78 is 25.1. The summed E-state index contributed by atoms with van der Waals surface area (Å²) in [6.45, 7) is 0. The normalized spacial score (nSPS) is 20.4. The molecule has 2 rings (SSSR count).